The van der Waals surface area contributed by atoms with E-state index in [-0.39, 0.29) is 0 Å². The molecule has 0 unspecified atom stereocenters. The summed E-state index contributed by atoms with van der Waals surface area (Å²) in [7, 11) is 0. The van der Waals surface area contributed by atoms with E-state index in [0.29, 0.717) is 0 Å². The molecule has 0 bridgehead atoms. The molecule has 10 aromatic carbocycles. The number of hydrogen-bond acceptors (Lipinski definition) is 2. The van der Waals surface area contributed by atoms with E-state index in [9.17, 15) is 0 Å². The van der Waals surface area contributed by atoms with E-state index >= 15 is 0 Å². The highest BCUT2D eigenvalue weighted by Crippen LogP contribution is 2.42. The first kappa shape index (κ1) is 32.4. The van der Waals surface area contributed by atoms with Crippen LogP contribution in [0.3, 0.4) is 0 Å². The summed E-state index contributed by atoms with van der Waals surface area (Å²) in [5.74, 6) is 0. The molecule has 262 valence electrons. The molecule has 0 radical (unpaired) electrons. The number of fused-ring (bicyclic) bond motifs is 8. The number of anilines is 3. The largest absolute Gasteiger partial charge is 0.310 e. The zero-order valence-electron chi connectivity index (χ0n) is 30.6. The summed E-state index contributed by atoms with van der Waals surface area (Å²) in [4.78, 5) is 2.37. The maximum Gasteiger partial charge on any atom is 0.0467 e. The summed E-state index contributed by atoms with van der Waals surface area (Å²) < 4.78 is 2.66. The average Bonchev–Trinajstić information content (AvgIpc) is 3.66. The minimum atomic E-state index is 1.11. The van der Waals surface area contributed by atoms with Gasteiger partial charge in [0, 0.05) is 37.2 Å². The highest BCUT2D eigenvalue weighted by molar-refractivity contribution is 7.26. The molecule has 1 aromatic heterocycles. The zero-order valence-corrected chi connectivity index (χ0v) is 31.4. The van der Waals surface area contributed by atoms with Crippen molar-refractivity contribution in [1.29, 1.82) is 0 Å². The molecule has 0 fully saturated rings. The van der Waals surface area contributed by atoms with Crippen molar-refractivity contribution in [2.24, 2.45) is 0 Å². The molecular weight excluding hydrogens is 695 g/mol. The first-order chi connectivity index (χ1) is 27.7. The highest BCUT2D eigenvalue weighted by atomic mass is 32.1. The summed E-state index contributed by atoms with van der Waals surface area (Å²) in [5, 5.41) is 10.3. The second kappa shape index (κ2) is 13.4. The van der Waals surface area contributed by atoms with Crippen LogP contribution >= 0.6 is 11.3 Å². The van der Waals surface area contributed by atoms with Gasteiger partial charge in [-0.3, -0.25) is 0 Å². The predicted molar refractivity (Wildman–Crippen MR) is 243 cm³/mol. The fourth-order valence-electron chi connectivity index (χ4n) is 8.48. The third-order valence-corrected chi connectivity index (χ3v) is 12.5. The third kappa shape index (κ3) is 5.54. The molecule has 0 atom stereocenters. The number of hydrogen-bond donors (Lipinski definition) is 0. The summed E-state index contributed by atoms with van der Waals surface area (Å²) in [6.45, 7) is 0. The second-order valence-corrected chi connectivity index (χ2v) is 15.6. The summed E-state index contributed by atoms with van der Waals surface area (Å²) in [6.07, 6.45) is 0. The van der Waals surface area contributed by atoms with Crippen molar-refractivity contribution >= 4 is 80.9 Å². The van der Waals surface area contributed by atoms with Gasteiger partial charge in [0.2, 0.25) is 0 Å². The SMILES string of the molecule is c1ccc(-c2cccc(N(c3ccc(-c4ccc5c(ccc6c7ccccc7ccc56)c4)cc3)c3ccc(-c4cccc5c4sc4ccccc45)cc3)c2)cc1. The molecule has 0 saturated heterocycles. The Labute approximate surface area is 330 Å². The molecule has 11 rings (SSSR count). The standard InChI is InChI=1S/C54H35NS/c1-2-10-36(11-3-1)40-13-8-14-45(35-40)55(44-29-22-39(23-30-44)48-17-9-18-52-51-16-6-7-19-53(51)56-54(48)52)43-27-20-37(21-28-43)41-25-31-47-42(34-41)26-33-49-46-15-5-4-12-38(46)24-32-50(47)49/h1-35H. The van der Waals surface area contributed by atoms with Gasteiger partial charge in [0.05, 0.1) is 0 Å². The van der Waals surface area contributed by atoms with Crippen LogP contribution in [0.4, 0.5) is 17.1 Å². The van der Waals surface area contributed by atoms with Gasteiger partial charge in [-0.1, -0.05) is 164 Å². The first-order valence-corrected chi connectivity index (χ1v) is 20.0. The molecule has 1 heterocycles. The zero-order chi connectivity index (χ0) is 37.0. The van der Waals surface area contributed by atoms with Gasteiger partial charge in [-0.15, -0.1) is 11.3 Å². The van der Waals surface area contributed by atoms with Gasteiger partial charge < -0.3 is 4.90 Å². The van der Waals surface area contributed by atoms with E-state index in [1.807, 2.05) is 11.3 Å². The third-order valence-electron chi connectivity index (χ3n) is 11.3. The van der Waals surface area contributed by atoms with Crippen molar-refractivity contribution in [2.45, 2.75) is 0 Å². The lowest BCUT2D eigenvalue weighted by molar-refractivity contribution is 1.28. The molecule has 0 aliphatic carbocycles. The Morgan fingerprint density at radius 2 is 0.839 bits per heavy atom. The van der Waals surface area contributed by atoms with Gasteiger partial charge in [0.1, 0.15) is 0 Å². The number of nitrogens with zero attached hydrogens (tertiary/aromatic N) is 1. The van der Waals surface area contributed by atoms with Crippen molar-refractivity contribution < 1.29 is 0 Å². The fraction of sp³-hybridized carbons (Fsp3) is 0. The van der Waals surface area contributed by atoms with Crippen LogP contribution in [0.15, 0.2) is 212 Å². The van der Waals surface area contributed by atoms with Crippen molar-refractivity contribution in [1.82, 2.24) is 0 Å². The van der Waals surface area contributed by atoms with Gasteiger partial charge in [-0.05, 0) is 114 Å². The van der Waals surface area contributed by atoms with Crippen LogP contribution in [0.25, 0.3) is 85.9 Å². The summed E-state index contributed by atoms with van der Waals surface area (Å²) in [5.41, 5.74) is 10.6. The second-order valence-electron chi connectivity index (χ2n) is 14.5. The molecule has 0 amide bonds. The quantitative estimate of drug-likeness (QED) is 0.154. The van der Waals surface area contributed by atoms with Crippen molar-refractivity contribution in [2.75, 3.05) is 4.90 Å². The average molecular weight is 730 g/mol. The summed E-state index contributed by atoms with van der Waals surface area (Å²) in [6, 6.07) is 77.6. The van der Waals surface area contributed by atoms with Crippen LogP contribution in [0.2, 0.25) is 0 Å². The van der Waals surface area contributed by atoms with Crippen LogP contribution in [0, 0.1) is 0 Å². The Morgan fingerprint density at radius 3 is 1.64 bits per heavy atom. The molecule has 0 aliphatic rings. The van der Waals surface area contributed by atoms with Gasteiger partial charge >= 0.3 is 0 Å². The molecule has 0 aliphatic heterocycles. The Balaban J connectivity index is 0.981. The maximum atomic E-state index is 2.37. The Kier molecular flexibility index (Phi) is 7.75. The van der Waals surface area contributed by atoms with E-state index in [1.54, 1.807) is 0 Å². The maximum absolute atomic E-state index is 2.37. The number of benzene rings is 10. The Hall–Kier alpha value is -7.00. The van der Waals surface area contributed by atoms with E-state index in [0.717, 1.165) is 17.1 Å². The van der Waals surface area contributed by atoms with Crippen LogP contribution in [-0.4, -0.2) is 0 Å². The predicted octanol–water partition coefficient (Wildman–Crippen LogP) is 16.0. The Morgan fingerprint density at radius 1 is 0.286 bits per heavy atom. The monoisotopic (exact) mass is 729 g/mol. The minimum absolute atomic E-state index is 1.11. The molecule has 2 heteroatoms. The van der Waals surface area contributed by atoms with E-state index in [4.69, 9.17) is 0 Å². The number of thiophene rings is 1. The number of rotatable bonds is 6. The van der Waals surface area contributed by atoms with Gasteiger partial charge in [-0.25, -0.2) is 0 Å². The molecule has 0 spiro atoms. The van der Waals surface area contributed by atoms with Gasteiger partial charge in [-0.2, -0.15) is 0 Å². The lowest BCUT2D eigenvalue weighted by Crippen LogP contribution is -2.10. The van der Waals surface area contributed by atoms with Crippen molar-refractivity contribution in [3.8, 4) is 33.4 Å². The molecule has 0 N–H and O–H groups in total. The van der Waals surface area contributed by atoms with Crippen LogP contribution in [0.5, 0.6) is 0 Å². The minimum Gasteiger partial charge on any atom is -0.310 e. The smallest absolute Gasteiger partial charge is 0.0467 e. The Bertz CT molecular complexity index is 3230. The van der Waals surface area contributed by atoms with Crippen LogP contribution in [0.1, 0.15) is 0 Å². The highest BCUT2D eigenvalue weighted by Gasteiger charge is 2.16. The lowest BCUT2D eigenvalue weighted by atomic mass is 9.95. The molecule has 1 nitrogen and oxygen atoms in total. The normalized spacial score (nSPS) is 11.6. The van der Waals surface area contributed by atoms with E-state index in [2.05, 4.69) is 217 Å². The molecule has 56 heavy (non-hydrogen) atoms. The van der Waals surface area contributed by atoms with Gasteiger partial charge in [0.15, 0.2) is 0 Å². The topological polar surface area (TPSA) is 3.24 Å². The van der Waals surface area contributed by atoms with Gasteiger partial charge in [0.25, 0.3) is 0 Å². The van der Waals surface area contributed by atoms with Crippen LogP contribution < -0.4 is 4.90 Å². The van der Waals surface area contributed by atoms with Crippen LogP contribution in [-0.2, 0) is 0 Å². The molecule has 11 aromatic rings. The molecule has 0 saturated carbocycles. The summed E-state index contributed by atoms with van der Waals surface area (Å²) >= 11 is 1.88. The van der Waals surface area contributed by atoms with E-state index in [1.165, 1.54) is 85.9 Å². The first-order valence-electron chi connectivity index (χ1n) is 19.2. The molecular formula is C54H35NS. The van der Waals surface area contributed by atoms with E-state index < -0.39 is 0 Å². The lowest BCUT2D eigenvalue weighted by Gasteiger charge is -2.26. The van der Waals surface area contributed by atoms with Crippen molar-refractivity contribution in [3.63, 3.8) is 0 Å². The fourth-order valence-corrected chi connectivity index (χ4v) is 9.72. The van der Waals surface area contributed by atoms with Crippen molar-refractivity contribution in [3.05, 3.63) is 212 Å².